The fourth-order valence-corrected chi connectivity index (χ4v) is 3.23. The Hall–Kier alpha value is -3.44. The number of thiazole rings is 1. The Balaban J connectivity index is 1.48. The van der Waals surface area contributed by atoms with Gasteiger partial charge in [0.2, 0.25) is 0 Å². The molecule has 27 heavy (non-hydrogen) atoms. The molecule has 0 aliphatic rings. The zero-order chi connectivity index (χ0) is 19.2. The van der Waals surface area contributed by atoms with E-state index in [-0.39, 0.29) is 5.75 Å². The molecule has 3 rings (SSSR count). The number of ether oxygens (including phenoxy) is 2. The molecule has 0 fully saturated rings. The van der Waals surface area contributed by atoms with E-state index < -0.39 is 25.1 Å². The first kappa shape index (κ1) is 18.4. The van der Waals surface area contributed by atoms with Crippen molar-refractivity contribution in [2.24, 2.45) is 0 Å². The maximum Gasteiger partial charge on any atom is 0.344 e. The number of aromatic nitrogens is 1. The second kappa shape index (κ2) is 8.29. The summed E-state index contributed by atoms with van der Waals surface area (Å²) < 4.78 is 11.1. The molecule has 0 unspecified atom stereocenters. The Bertz CT molecular complexity index is 1040. The molecule has 0 radical (unpaired) electrons. The lowest BCUT2D eigenvalue weighted by Crippen LogP contribution is -2.23. The number of fused-ring (bicyclic) bond motifs is 1. The van der Waals surface area contributed by atoms with Gasteiger partial charge in [-0.2, -0.15) is 5.26 Å². The third-order valence-corrected chi connectivity index (χ3v) is 4.44. The van der Waals surface area contributed by atoms with Gasteiger partial charge in [-0.15, -0.1) is 0 Å². The summed E-state index contributed by atoms with van der Waals surface area (Å²) in [5.74, 6) is -0.916. The van der Waals surface area contributed by atoms with Crippen LogP contribution in [0.25, 0.3) is 10.2 Å². The average molecular weight is 381 g/mol. The third kappa shape index (κ3) is 4.80. The normalized spacial score (nSPS) is 10.2. The molecule has 1 N–H and O–H groups in total. The number of nitrogens with zero attached hydrogens (tertiary/aromatic N) is 2. The van der Waals surface area contributed by atoms with Gasteiger partial charge >= 0.3 is 5.97 Å². The van der Waals surface area contributed by atoms with E-state index >= 15 is 0 Å². The van der Waals surface area contributed by atoms with Crippen molar-refractivity contribution >= 4 is 38.6 Å². The van der Waals surface area contributed by atoms with Crippen molar-refractivity contribution < 1.29 is 19.1 Å². The van der Waals surface area contributed by atoms with Gasteiger partial charge in [-0.1, -0.05) is 29.5 Å². The quantitative estimate of drug-likeness (QED) is 0.659. The van der Waals surface area contributed by atoms with E-state index in [1.165, 1.54) is 11.3 Å². The molecule has 136 valence electrons. The molecule has 0 atom stereocenters. The Morgan fingerprint density at radius 3 is 2.85 bits per heavy atom. The van der Waals surface area contributed by atoms with Crippen LogP contribution in [0.1, 0.15) is 11.1 Å². The van der Waals surface area contributed by atoms with Crippen LogP contribution in [-0.2, 0) is 14.3 Å². The molecule has 0 saturated carbocycles. The number of carbonyl (C=O) groups excluding carboxylic acids is 2. The molecule has 0 aliphatic heterocycles. The number of esters is 1. The Morgan fingerprint density at radius 2 is 2.04 bits per heavy atom. The number of nitrogens with one attached hydrogen (secondary N) is 1. The minimum Gasteiger partial charge on any atom is -0.481 e. The molecule has 1 aromatic heterocycles. The molecular formula is C19H15N3O4S. The molecule has 8 heteroatoms. The lowest BCUT2D eigenvalue weighted by molar-refractivity contribution is -0.149. The number of benzene rings is 2. The second-order valence-electron chi connectivity index (χ2n) is 5.60. The smallest absolute Gasteiger partial charge is 0.344 e. The average Bonchev–Trinajstić information content (AvgIpc) is 3.06. The fraction of sp³-hybridized carbons (Fsp3) is 0.158. The van der Waals surface area contributed by atoms with Gasteiger partial charge in [0, 0.05) is 0 Å². The summed E-state index contributed by atoms with van der Waals surface area (Å²) in [5, 5.41) is 12.0. The predicted octanol–water partition coefficient (Wildman–Crippen LogP) is 3.04. The van der Waals surface area contributed by atoms with Crippen LogP contribution in [0.2, 0.25) is 0 Å². The number of hydrogen-bond acceptors (Lipinski definition) is 7. The molecule has 0 aliphatic carbocycles. The Labute approximate surface area is 159 Å². The summed E-state index contributed by atoms with van der Waals surface area (Å²) in [4.78, 5) is 28.0. The van der Waals surface area contributed by atoms with E-state index in [9.17, 15) is 9.59 Å². The summed E-state index contributed by atoms with van der Waals surface area (Å²) in [6.07, 6.45) is 0. The topological polar surface area (TPSA) is 101 Å². The third-order valence-electron chi connectivity index (χ3n) is 3.51. The van der Waals surface area contributed by atoms with Crippen LogP contribution in [0, 0.1) is 18.3 Å². The molecule has 0 saturated heterocycles. The van der Waals surface area contributed by atoms with Crippen molar-refractivity contribution in [3.8, 4) is 11.8 Å². The molecule has 3 aromatic rings. The number of nitriles is 1. The zero-order valence-corrected chi connectivity index (χ0v) is 15.2. The van der Waals surface area contributed by atoms with Crippen LogP contribution >= 0.6 is 11.3 Å². The summed E-state index contributed by atoms with van der Waals surface area (Å²) in [5.41, 5.74) is 2.22. The number of para-hydroxylation sites is 1. The summed E-state index contributed by atoms with van der Waals surface area (Å²) in [6, 6.07) is 14.3. The highest BCUT2D eigenvalue weighted by Gasteiger charge is 2.12. The van der Waals surface area contributed by atoms with Gasteiger partial charge in [0.15, 0.2) is 18.3 Å². The van der Waals surface area contributed by atoms with Crippen LogP contribution in [0.3, 0.4) is 0 Å². The molecular weight excluding hydrogens is 366 g/mol. The van der Waals surface area contributed by atoms with Crippen molar-refractivity contribution in [3.63, 3.8) is 0 Å². The molecule has 0 spiro atoms. The van der Waals surface area contributed by atoms with Crippen LogP contribution < -0.4 is 10.1 Å². The second-order valence-corrected chi connectivity index (χ2v) is 6.63. The molecule has 1 heterocycles. The van der Waals surface area contributed by atoms with Gasteiger partial charge in [0.1, 0.15) is 11.8 Å². The number of anilines is 1. The summed E-state index contributed by atoms with van der Waals surface area (Å²) in [7, 11) is 0. The van der Waals surface area contributed by atoms with Crippen LogP contribution in [0.15, 0.2) is 42.5 Å². The largest absolute Gasteiger partial charge is 0.481 e. The number of carbonyl (C=O) groups is 2. The van der Waals surface area contributed by atoms with Gasteiger partial charge in [0.05, 0.1) is 15.8 Å². The van der Waals surface area contributed by atoms with E-state index in [0.717, 1.165) is 15.8 Å². The highest BCUT2D eigenvalue weighted by Crippen LogP contribution is 2.26. The maximum absolute atomic E-state index is 11.9. The highest BCUT2D eigenvalue weighted by atomic mass is 32.1. The predicted molar refractivity (Wildman–Crippen MR) is 101 cm³/mol. The van der Waals surface area contributed by atoms with Gasteiger partial charge in [0.25, 0.3) is 5.91 Å². The van der Waals surface area contributed by atoms with Crippen molar-refractivity contribution in [2.75, 3.05) is 18.5 Å². The zero-order valence-electron chi connectivity index (χ0n) is 14.4. The Kier molecular flexibility index (Phi) is 5.64. The van der Waals surface area contributed by atoms with Gasteiger partial charge in [-0.05, 0) is 36.8 Å². The molecule has 0 bridgehead atoms. The minimum atomic E-state index is -0.710. The first-order valence-electron chi connectivity index (χ1n) is 8.00. The monoisotopic (exact) mass is 381 g/mol. The maximum atomic E-state index is 11.9. The number of rotatable bonds is 6. The van der Waals surface area contributed by atoms with E-state index in [1.807, 2.05) is 31.2 Å². The van der Waals surface area contributed by atoms with Crippen LogP contribution in [0.5, 0.6) is 5.75 Å². The molecule has 2 aromatic carbocycles. The van der Waals surface area contributed by atoms with E-state index in [2.05, 4.69) is 10.3 Å². The van der Waals surface area contributed by atoms with E-state index in [1.54, 1.807) is 24.3 Å². The summed E-state index contributed by atoms with van der Waals surface area (Å²) >= 11 is 1.35. The van der Waals surface area contributed by atoms with Crippen LogP contribution in [-0.4, -0.2) is 30.1 Å². The van der Waals surface area contributed by atoms with Gasteiger partial charge in [-0.25, -0.2) is 9.78 Å². The first-order chi connectivity index (χ1) is 13.0. The van der Waals surface area contributed by atoms with Gasteiger partial charge in [-0.3, -0.25) is 10.1 Å². The lowest BCUT2D eigenvalue weighted by atomic mass is 10.2. The molecule has 1 amide bonds. The number of hydrogen-bond donors (Lipinski definition) is 1. The van der Waals surface area contributed by atoms with Crippen molar-refractivity contribution in [3.05, 3.63) is 53.6 Å². The SMILES string of the molecule is Cc1ccc2nc(NC(=O)COC(=O)COc3ccccc3C#N)sc2c1. The molecule has 7 nitrogen and oxygen atoms in total. The van der Waals surface area contributed by atoms with Crippen molar-refractivity contribution in [1.29, 1.82) is 5.26 Å². The van der Waals surface area contributed by atoms with E-state index in [0.29, 0.717) is 10.7 Å². The minimum absolute atomic E-state index is 0.283. The van der Waals surface area contributed by atoms with Crippen molar-refractivity contribution in [1.82, 2.24) is 4.98 Å². The highest BCUT2D eigenvalue weighted by molar-refractivity contribution is 7.22. The number of amides is 1. The van der Waals surface area contributed by atoms with E-state index in [4.69, 9.17) is 14.7 Å². The fourth-order valence-electron chi connectivity index (χ4n) is 2.25. The van der Waals surface area contributed by atoms with Gasteiger partial charge < -0.3 is 9.47 Å². The van der Waals surface area contributed by atoms with Crippen LogP contribution in [0.4, 0.5) is 5.13 Å². The standard InChI is InChI=1S/C19H15N3O4S/c1-12-6-7-14-16(8-12)27-19(21-14)22-17(23)10-26-18(24)11-25-15-5-3-2-4-13(15)9-20/h2-8H,10-11H2,1H3,(H,21,22,23). The van der Waals surface area contributed by atoms with Crippen molar-refractivity contribution in [2.45, 2.75) is 6.92 Å². The number of aryl methyl sites for hydroxylation is 1. The lowest BCUT2D eigenvalue weighted by Gasteiger charge is -2.07. The Morgan fingerprint density at radius 1 is 1.22 bits per heavy atom. The summed E-state index contributed by atoms with van der Waals surface area (Å²) in [6.45, 7) is 1.14. The first-order valence-corrected chi connectivity index (χ1v) is 8.81.